The second-order valence-corrected chi connectivity index (χ2v) is 20.1. The maximum atomic E-state index is 14.7. The van der Waals surface area contributed by atoms with E-state index in [9.17, 15) is 24.3 Å². The van der Waals surface area contributed by atoms with E-state index in [0.29, 0.717) is 12.8 Å². The zero-order chi connectivity index (χ0) is 51.1. The third kappa shape index (κ3) is 14.5. The number of nitrogens with one attached hydrogen (secondary N) is 3. The molecule has 9 nitrogen and oxygen atoms in total. The van der Waals surface area contributed by atoms with Crippen LogP contribution in [-0.2, 0) is 39.8 Å². The van der Waals surface area contributed by atoms with E-state index < -0.39 is 45.4 Å². The monoisotopic (exact) mass is 1010 g/mol. The fourth-order valence-electron chi connectivity index (χ4n) is 8.97. The number of allylic oxidation sites excluding steroid dienone is 1. The first-order chi connectivity index (χ1) is 35.7. The second-order valence-electron chi connectivity index (χ2n) is 17.5. The van der Waals surface area contributed by atoms with Crippen LogP contribution in [-0.4, -0.2) is 72.1 Å². The molecule has 0 aliphatic carbocycles. The van der Waals surface area contributed by atoms with Crippen LogP contribution in [0.5, 0.6) is 0 Å². The van der Waals surface area contributed by atoms with Gasteiger partial charge in [-0.1, -0.05) is 224 Å². The molecule has 4 N–H and O–H groups in total. The first-order valence-corrected chi connectivity index (χ1v) is 26.6. The van der Waals surface area contributed by atoms with Crippen molar-refractivity contribution in [3.8, 4) is 0 Å². The molecular formula is C62H63N3O6S2. The van der Waals surface area contributed by atoms with Gasteiger partial charge in [-0.3, -0.25) is 19.2 Å². The van der Waals surface area contributed by atoms with E-state index >= 15 is 0 Å². The summed E-state index contributed by atoms with van der Waals surface area (Å²) >= 11 is 3.34. The number of benzene rings is 7. The first kappa shape index (κ1) is 53.6. The van der Waals surface area contributed by atoms with Crippen molar-refractivity contribution < 1.29 is 29.0 Å². The molecular weight excluding hydrogens is 947 g/mol. The minimum atomic E-state index is -1.12. The summed E-state index contributed by atoms with van der Waals surface area (Å²) in [5, 5.41) is 20.1. The fourth-order valence-corrected chi connectivity index (χ4v) is 12.0. The Kier molecular flexibility index (Phi) is 20.3. The van der Waals surface area contributed by atoms with Crippen LogP contribution in [0.4, 0.5) is 0 Å². The molecule has 7 aromatic rings. The average Bonchev–Trinajstić information content (AvgIpc) is 3.44. The Morgan fingerprint density at radius 2 is 0.959 bits per heavy atom. The average molecular weight is 1010 g/mol. The van der Waals surface area contributed by atoms with Gasteiger partial charge in [-0.15, -0.1) is 23.5 Å². The quantitative estimate of drug-likeness (QED) is 0.0182. The lowest BCUT2D eigenvalue weighted by Gasteiger charge is -2.36. The Labute approximate surface area is 438 Å². The van der Waals surface area contributed by atoms with Crippen LogP contribution in [0.3, 0.4) is 0 Å². The van der Waals surface area contributed by atoms with Crippen molar-refractivity contribution in [2.45, 2.75) is 59.8 Å². The van der Waals surface area contributed by atoms with Gasteiger partial charge in [0.2, 0.25) is 17.7 Å². The standard InChI is InChI=1S/C62H63N3O6S2/c1-71-58(68)41-25-42-63-59(69)56(46-73-62(51-34-17-6-18-35-51,52-36-19-7-20-37-52)53-38-21-8-22-39-53)65-60(70)55(44-47-26-9-2-10-27-47)64-57(67)45-54(66)40-23-24-43-72-61(48-28-11-3-12-29-48,49-30-13-4-14-31-49)50-32-15-5-16-33-50/h2-23,26-40,54-56,66H,24-25,41-46H2,1H3,(H,63,69)(H,64,67)(H,65,70)/t54-,55-,56-/m1/s1. The number of hydrogen-bond acceptors (Lipinski definition) is 8. The van der Waals surface area contributed by atoms with Gasteiger partial charge in [0, 0.05) is 25.1 Å². The van der Waals surface area contributed by atoms with Crippen molar-refractivity contribution in [2.24, 2.45) is 0 Å². The second kappa shape index (κ2) is 27.6. The molecule has 7 aromatic carbocycles. The Morgan fingerprint density at radius 3 is 1.38 bits per heavy atom. The highest BCUT2D eigenvalue weighted by Crippen LogP contribution is 2.50. The number of aliphatic hydroxyl groups excluding tert-OH is 1. The van der Waals surface area contributed by atoms with Crippen LogP contribution in [0.1, 0.15) is 64.6 Å². The minimum Gasteiger partial charge on any atom is -0.469 e. The van der Waals surface area contributed by atoms with E-state index in [1.807, 2.05) is 121 Å². The van der Waals surface area contributed by atoms with Crippen LogP contribution in [0.15, 0.2) is 224 Å². The summed E-state index contributed by atoms with van der Waals surface area (Å²) in [4.78, 5) is 54.7. The van der Waals surface area contributed by atoms with Gasteiger partial charge >= 0.3 is 5.97 Å². The smallest absolute Gasteiger partial charge is 0.305 e. The van der Waals surface area contributed by atoms with E-state index in [1.54, 1.807) is 6.08 Å². The molecule has 73 heavy (non-hydrogen) atoms. The van der Waals surface area contributed by atoms with Gasteiger partial charge in [0.25, 0.3) is 0 Å². The minimum absolute atomic E-state index is 0.115. The van der Waals surface area contributed by atoms with Crippen LogP contribution in [0, 0.1) is 0 Å². The van der Waals surface area contributed by atoms with E-state index in [4.69, 9.17) is 4.74 Å². The molecule has 3 amide bonds. The van der Waals surface area contributed by atoms with Crippen molar-refractivity contribution in [1.29, 1.82) is 0 Å². The zero-order valence-electron chi connectivity index (χ0n) is 41.1. The molecule has 0 radical (unpaired) electrons. The summed E-state index contributed by atoms with van der Waals surface area (Å²) < 4.78 is 3.52. The third-order valence-corrected chi connectivity index (χ3v) is 15.8. The molecule has 11 heteroatoms. The van der Waals surface area contributed by atoms with Gasteiger partial charge in [-0.25, -0.2) is 0 Å². The molecule has 0 aliphatic rings. The molecule has 7 rings (SSSR count). The van der Waals surface area contributed by atoms with Crippen molar-refractivity contribution >= 4 is 47.2 Å². The molecule has 0 fully saturated rings. The van der Waals surface area contributed by atoms with Crippen LogP contribution in [0.25, 0.3) is 0 Å². The number of ether oxygens (including phenoxy) is 1. The summed E-state index contributed by atoms with van der Waals surface area (Å²) in [7, 11) is 1.32. The summed E-state index contributed by atoms with van der Waals surface area (Å²) in [5.41, 5.74) is 7.24. The van der Waals surface area contributed by atoms with Gasteiger partial charge in [-0.2, -0.15) is 0 Å². The Hall–Kier alpha value is -7.18. The maximum Gasteiger partial charge on any atom is 0.305 e. The number of rotatable bonds is 26. The zero-order valence-corrected chi connectivity index (χ0v) is 42.7. The number of carbonyl (C=O) groups excluding carboxylic acids is 4. The van der Waals surface area contributed by atoms with Gasteiger partial charge in [0.05, 0.1) is 29.1 Å². The van der Waals surface area contributed by atoms with Gasteiger partial charge in [0.15, 0.2) is 0 Å². The number of carbonyl (C=O) groups is 4. The molecule has 374 valence electrons. The predicted octanol–water partition coefficient (Wildman–Crippen LogP) is 10.4. The normalized spacial score (nSPS) is 12.8. The summed E-state index contributed by atoms with van der Waals surface area (Å²) in [6.45, 7) is 0.175. The topological polar surface area (TPSA) is 134 Å². The molecule has 0 saturated heterocycles. The van der Waals surface area contributed by atoms with Gasteiger partial charge < -0.3 is 25.8 Å². The lowest BCUT2D eigenvalue weighted by molar-refractivity contribution is -0.140. The number of esters is 1. The van der Waals surface area contributed by atoms with E-state index in [1.165, 1.54) is 18.9 Å². The highest BCUT2D eigenvalue weighted by Gasteiger charge is 2.40. The first-order valence-electron chi connectivity index (χ1n) is 24.7. The van der Waals surface area contributed by atoms with Crippen molar-refractivity contribution in [3.63, 3.8) is 0 Å². The molecule has 3 atom stereocenters. The van der Waals surface area contributed by atoms with Gasteiger partial charge in [0.1, 0.15) is 12.1 Å². The van der Waals surface area contributed by atoms with E-state index in [0.717, 1.165) is 44.7 Å². The summed E-state index contributed by atoms with van der Waals surface area (Å²) in [6.07, 6.45) is 3.36. The largest absolute Gasteiger partial charge is 0.469 e. The summed E-state index contributed by atoms with van der Waals surface area (Å²) in [5.74, 6) is -1.06. The van der Waals surface area contributed by atoms with Crippen LogP contribution < -0.4 is 16.0 Å². The Bertz CT molecular complexity index is 2610. The lowest BCUT2D eigenvalue weighted by Crippen LogP contribution is -2.55. The maximum absolute atomic E-state index is 14.7. The van der Waals surface area contributed by atoms with Crippen molar-refractivity contribution in [1.82, 2.24) is 16.0 Å². The number of amides is 3. The van der Waals surface area contributed by atoms with E-state index in [-0.39, 0.29) is 37.5 Å². The van der Waals surface area contributed by atoms with Crippen LogP contribution in [0.2, 0.25) is 0 Å². The number of aliphatic hydroxyl groups is 1. The molecule has 0 spiro atoms. The number of hydrogen-bond donors (Lipinski definition) is 4. The lowest BCUT2D eigenvalue weighted by atomic mass is 9.84. The molecule has 0 aromatic heterocycles. The predicted molar refractivity (Wildman–Crippen MR) is 296 cm³/mol. The number of methoxy groups -OCH3 is 1. The van der Waals surface area contributed by atoms with Crippen molar-refractivity contribution in [3.05, 3.63) is 263 Å². The Morgan fingerprint density at radius 1 is 0.548 bits per heavy atom. The van der Waals surface area contributed by atoms with Crippen molar-refractivity contribution in [2.75, 3.05) is 25.2 Å². The number of thioether (sulfide) groups is 2. The highest BCUT2D eigenvalue weighted by molar-refractivity contribution is 8.00. The third-order valence-electron chi connectivity index (χ3n) is 12.6. The Balaban J connectivity index is 1.08. The highest BCUT2D eigenvalue weighted by atomic mass is 32.2. The molecule has 0 saturated carbocycles. The molecule has 0 bridgehead atoms. The SMILES string of the molecule is COC(=O)CCCNC(=O)[C@@H](CSC(c1ccccc1)(c1ccccc1)c1ccccc1)NC(=O)[C@@H](Cc1ccccc1)NC(=O)C[C@H](O)C=CCCSC(c1ccccc1)(c1ccccc1)c1ccccc1. The van der Waals surface area contributed by atoms with Gasteiger partial charge in [-0.05, 0) is 57.5 Å². The molecule has 0 unspecified atom stereocenters. The molecule has 0 heterocycles. The summed E-state index contributed by atoms with van der Waals surface area (Å²) in [6, 6.07) is 68.8. The fraction of sp³-hybridized carbons (Fsp3) is 0.226. The van der Waals surface area contributed by atoms with E-state index in [2.05, 4.69) is 125 Å². The molecule has 0 aliphatic heterocycles. The van der Waals surface area contributed by atoms with Crippen LogP contribution >= 0.6 is 23.5 Å².